The molecule has 1 saturated heterocycles. The fourth-order valence-electron chi connectivity index (χ4n) is 3.35. The van der Waals surface area contributed by atoms with E-state index < -0.39 is 0 Å². The van der Waals surface area contributed by atoms with E-state index in [0.717, 1.165) is 30.4 Å². The number of urea groups is 1. The number of halogens is 1. The van der Waals surface area contributed by atoms with Gasteiger partial charge in [-0.3, -0.25) is 4.79 Å². The Hall–Kier alpha value is -2.53. The van der Waals surface area contributed by atoms with Gasteiger partial charge in [0.1, 0.15) is 0 Å². The monoisotopic (exact) mass is 371 g/mol. The van der Waals surface area contributed by atoms with E-state index in [9.17, 15) is 9.59 Å². The van der Waals surface area contributed by atoms with Crippen LogP contribution in [0.15, 0.2) is 48.5 Å². The molecule has 26 heavy (non-hydrogen) atoms. The van der Waals surface area contributed by atoms with Crippen molar-refractivity contribution in [3.8, 4) is 11.1 Å². The smallest absolute Gasteiger partial charge is 0.322 e. The van der Waals surface area contributed by atoms with Gasteiger partial charge >= 0.3 is 6.03 Å². The summed E-state index contributed by atoms with van der Waals surface area (Å²) in [6.07, 6.45) is 2.95. The van der Waals surface area contributed by atoms with Crippen LogP contribution >= 0.6 is 11.6 Å². The van der Waals surface area contributed by atoms with Gasteiger partial charge in [-0.15, -0.1) is 0 Å². The van der Waals surface area contributed by atoms with Gasteiger partial charge in [0.2, 0.25) is 5.91 Å². The van der Waals surface area contributed by atoms with E-state index in [1.807, 2.05) is 48.5 Å². The van der Waals surface area contributed by atoms with Crippen LogP contribution < -0.4 is 11.1 Å². The molecule has 3 rings (SSSR count). The Balaban J connectivity index is 1.74. The molecule has 2 aromatic rings. The number of carbonyl (C=O) groups excluding carboxylic acids is 2. The average Bonchev–Trinajstić information content (AvgIpc) is 2.62. The van der Waals surface area contributed by atoms with E-state index >= 15 is 0 Å². The largest absolute Gasteiger partial charge is 0.370 e. The topological polar surface area (TPSA) is 75.4 Å². The van der Waals surface area contributed by atoms with Crippen molar-refractivity contribution in [2.75, 3.05) is 11.9 Å². The van der Waals surface area contributed by atoms with Crippen LogP contribution in [0, 0.1) is 0 Å². The van der Waals surface area contributed by atoms with Gasteiger partial charge in [-0.05, 0) is 54.7 Å². The second-order valence-electron chi connectivity index (χ2n) is 6.53. The highest BCUT2D eigenvalue weighted by Gasteiger charge is 2.27. The molecule has 0 spiro atoms. The lowest BCUT2D eigenvalue weighted by Gasteiger charge is -2.35. The lowest BCUT2D eigenvalue weighted by molar-refractivity contribution is -0.119. The molecule has 3 N–H and O–H groups in total. The highest BCUT2D eigenvalue weighted by Crippen LogP contribution is 2.26. The molecule has 0 radical (unpaired) electrons. The zero-order valence-corrected chi connectivity index (χ0v) is 15.2. The van der Waals surface area contributed by atoms with Gasteiger partial charge in [-0.2, -0.15) is 0 Å². The normalized spacial score (nSPS) is 17.0. The number of anilines is 1. The summed E-state index contributed by atoms with van der Waals surface area (Å²) >= 11 is 6.06. The molecule has 1 heterocycles. The van der Waals surface area contributed by atoms with E-state index in [0.29, 0.717) is 17.3 Å². The number of piperidine rings is 1. The number of benzene rings is 2. The van der Waals surface area contributed by atoms with Crippen molar-refractivity contribution in [2.45, 2.75) is 31.7 Å². The molecule has 0 bridgehead atoms. The first-order valence-electron chi connectivity index (χ1n) is 8.75. The molecule has 0 aliphatic carbocycles. The summed E-state index contributed by atoms with van der Waals surface area (Å²) in [5.41, 5.74) is 7.99. The molecule has 0 saturated carbocycles. The van der Waals surface area contributed by atoms with E-state index in [1.54, 1.807) is 4.90 Å². The van der Waals surface area contributed by atoms with Crippen LogP contribution in [0.3, 0.4) is 0 Å². The quantitative estimate of drug-likeness (QED) is 0.842. The molecule has 5 nitrogen and oxygen atoms in total. The molecule has 1 fully saturated rings. The minimum absolute atomic E-state index is 0.127. The SMILES string of the molecule is NC(=O)CC1CCCCN1C(=O)Nc1cccc(-c2cccc(Cl)c2)c1. The van der Waals surface area contributed by atoms with Gasteiger partial charge < -0.3 is 16.0 Å². The van der Waals surface area contributed by atoms with Crippen LogP contribution in [-0.2, 0) is 4.79 Å². The first-order valence-corrected chi connectivity index (χ1v) is 9.12. The molecule has 1 atom stereocenters. The minimum atomic E-state index is -0.377. The van der Waals surface area contributed by atoms with Crippen LogP contribution in [0.5, 0.6) is 0 Å². The molecule has 2 aromatic carbocycles. The van der Waals surface area contributed by atoms with Crippen molar-refractivity contribution >= 4 is 29.2 Å². The number of carbonyl (C=O) groups is 2. The maximum absolute atomic E-state index is 12.7. The molecule has 3 amide bonds. The summed E-state index contributed by atoms with van der Waals surface area (Å²) in [6, 6.07) is 14.9. The van der Waals surface area contributed by atoms with Crippen molar-refractivity contribution in [3.63, 3.8) is 0 Å². The molecular weight excluding hydrogens is 350 g/mol. The number of rotatable bonds is 4. The summed E-state index contributed by atoms with van der Waals surface area (Å²) in [5.74, 6) is -0.377. The summed E-state index contributed by atoms with van der Waals surface area (Å²) in [5, 5.41) is 3.61. The summed E-state index contributed by atoms with van der Waals surface area (Å²) in [4.78, 5) is 25.7. The number of primary amides is 1. The van der Waals surface area contributed by atoms with Gasteiger partial charge in [0.15, 0.2) is 0 Å². The first-order chi connectivity index (χ1) is 12.5. The Morgan fingerprint density at radius 3 is 2.58 bits per heavy atom. The summed E-state index contributed by atoms with van der Waals surface area (Å²) in [6.45, 7) is 0.637. The predicted octanol–water partition coefficient (Wildman–Crippen LogP) is 4.27. The Bertz CT molecular complexity index is 809. The zero-order chi connectivity index (χ0) is 18.5. The predicted molar refractivity (Wildman–Crippen MR) is 104 cm³/mol. The Morgan fingerprint density at radius 2 is 1.85 bits per heavy atom. The van der Waals surface area contributed by atoms with Crippen LogP contribution in [0.25, 0.3) is 11.1 Å². The number of amides is 3. The Morgan fingerprint density at radius 1 is 1.12 bits per heavy atom. The molecule has 1 aliphatic rings. The van der Waals surface area contributed by atoms with Crippen LogP contribution in [0.4, 0.5) is 10.5 Å². The van der Waals surface area contributed by atoms with E-state index in [1.165, 1.54) is 0 Å². The first kappa shape index (κ1) is 18.3. The Labute approximate surface area is 158 Å². The van der Waals surface area contributed by atoms with E-state index in [4.69, 9.17) is 17.3 Å². The third-order valence-corrected chi connectivity index (χ3v) is 4.83. The minimum Gasteiger partial charge on any atom is -0.370 e. The Kier molecular flexibility index (Phi) is 5.78. The van der Waals surface area contributed by atoms with Crippen LogP contribution in [0.1, 0.15) is 25.7 Å². The molecular formula is C20H22ClN3O2. The fraction of sp³-hybridized carbons (Fsp3) is 0.300. The number of nitrogens with two attached hydrogens (primary N) is 1. The van der Waals surface area contributed by atoms with E-state index in [-0.39, 0.29) is 24.4 Å². The van der Waals surface area contributed by atoms with Crippen molar-refractivity contribution in [3.05, 3.63) is 53.6 Å². The molecule has 1 unspecified atom stereocenters. The number of hydrogen-bond donors (Lipinski definition) is 2. The number of nitrogens with zero attached hydrogens (tertiary/aromatic N) is 1. The highest BCUT2D eigenvalue weighted by molar-refractivity contribution is 6.30. The molecule has 0 aromatic heterocycles. The van der Waals surface area contributed by atoms with Gasteiger partial charge in [0.25, 0.3) is 0 Å². The zero-order valence-electron chi connectivity index (χ0n) is 14.5. The summed E-state index contributed by atoms with van der Waals surface area (Å²) in [7, 11) is 0. The van der Waals surface area contributed by atoms with Crippen molar-refractivity contribution in [1.29, 1.82) is 0 Å². The third-order valence-electron chi connectivity index (χ3n) is 4.60. The number of hydrogen-bond acceptors (Lipinski definition) is 2. The lowest BCUT2D eigenvalue weighted by Crippen LogP contribution is -2.47. The van der Waals surface area contributed by atoms with Crippen LogP contribution in [-0.4, -0.2) is 29.4 Å². The lowest BCUT2D eigenvalue weighted by atomic mass is 9.99. The number of nitrogens with one attached hydrogen (secondary N) is 1. The van der Waals surface area contributed by atoms with Crippen LogP contribution in [0.2, 0.25) is 5.02 Å². The van der Waals surface area contributed by atoms with Crippen molar-refractivity contribution in [1.82, 2.24) is 4.90 Å². The molecule has 1 aliphatic heterocycles. The second kappa shape index (κ2) is 8.23. The van der Waals surface area contributed by atoms with Gasteiger partial charge in [0, 0.05) is 29.7 Å². The highest BCUT2D eigenvalue weighted by atomic mass is 35.5. The number of likely N-dealkylation sites (tertiary alicyclic amines) is 1. The molecule has 136 valence electrons. The summed E-state index contributed by atoms with van der Waals surface area (Å²) < 4.78 is 0. The second-order valence-corrected chi connectivity index (χ2v) is 6.97. The van der Waals surface area contributed by atoms with E-state index in [2.05, 4.69) is 5.32 Å². The maximum Gasteiger partial charge on any atom is 0.322 e. The van der Waals surface area contributed by atoms with Gasteiger partial charge in [0.05, 0.1) is 0 Å². The van der Waals surface area contributed by atoms with Gasteiger partial charge in [-0.25, -0.2) is 4.79 Å². The standard InChI is InChI=1S/C20H22ClN3O2/c21-16-7-3-5-14(11-16)15-6-4-8-17(12-15)23-20(26)24-10-2-1-9-18(24)13-19(22)25/h3-8,11-12,18H,1-2,9-10,13H2,(H2,22,25)(H,23,26). The van der Waals surface area contributed by atoms with Crippen molar-refractivity contribution < 1.29 is 9.59 Å². The molecule has 6 heteroatoms. The third kappa shape index (κ3) is 4.55. The average molecular weight is 372 g/mol. The fourth-order valence-corrected chi connectivity index (χ4v) is 3.54. The van der Waals surface area contributed by atoms with Crippen molar-refractivity contribution in [2.24, 2.45) is 5.73 Å². The maximum atomic E-state index is 12.7. The van der Waals surface area contributed by atoms with Gasteiger partial charge in [-0.1, -0.05) is 35.9 Å².